The summed E-state index contributed by atoms with van der Waals surface area (Å²) in [5.41, 5.74) is 4.30. The minimum Gasteiger partial charge on any atom is -0.494 e. The van der Waals surface area contributed by atoms with Crippen molar-refractivity contribution < 1.29 is 4.74 Å². The molecule has 1 N–H and O–H groups in total. The highest BCUT2D eigenvalue weighted by molar-refractivity contribution is 5.71. The average molecular weight is 291 g/mol. The van der Waals surface area contributed by atoms with Crippen LogP contribution in [-0.2, 0) is 0 Å². The van der Waals surface area contributed by atoms with E-state index in [4.69, 9.17) is 4.74 Å². The van der Waals surface area contributed by atoms with E-state index in [2.05, 4.69) is 51.8 Å². The first-order valence-corrected chi connectivity index (χ1v) is 7.22. The molecule has 4 heteroatoms. The molecule has 0 saturated carbocycles. The predicted octanol–water partition coefficient (Wildman–Crippen LogP) is 4.04. The van der Waals surface area contributed by atoms with Crippen molar-refractivity contribution in [1.29, 1.82) is 0 Å². The van der Waals surface area contributed by atoms with Crippen molar-refractivity contribution in [3.63, 3.8) is 0 Å². The number of rotatable bonds is 5. The molecular formula is C18H17N3O. The Bertz CT molecular complexity index is 729. The number of aromatic amines is 1. The largest absolute Gasteiger partial charge is 0.494 e. The molecule has 0 unspecified atom stereocenters. The van der Waals surface area contributed by atoms with E-state index < -0.39 is 0 Å². The lowest BCUT2D eigenvalue weighted by molar-refractivity contribution is 0.340. The van der Waals surface area contributed by atoms with E-state index in [1.807, 2.05) is 31.2 Å². The Morgan fingerprint density at radius 1 is 0.955 bits per heavy atom. The van der Waals surface area contributed by atoms with Crippen molar-refractivity contribution >= 4 is 12.2 Å². The molecule has 3 aromatic rings. The van der Waals surface area contributed by atoms with Crippen molar-refractivity contribution in [3.8, 4) is 16.9 Å². The van der Waals surface area contributed by atoms with Crippen LogP contribution < -0.4 is 4.74 Å². The molecule has 0 spiro atoms. The van der Waals surface area contributed by atoms with Crippen LogP contribution in [0.1, 0.15) is 18.2 Å². The molecular weight excluding hydrogens is 274 g/mol. The minimum absolute atomic E-state index is 0.686. The number of nitrogens with one attached hydrogen (secondary N) is 1. The normalized spacial score (nSPS) is 11.0. The number of aromatic nitrogens is 3. The van der Waals surface area contributed by atoms with E-state index in [9.17, 15) is 0 Å². The molecule has 4 nitrogen and oxygen atoms in total. The quantitative estimate of drug-likeness (QED) is 0.771. The molecule has 0 radical (unpaired) electrons. The summed E-state index contributed by atoms with van der Waals surface area (Å²) < 4.78 is 5.46. The molecule has 22 heavy (non-hydrogen) atoms. The van der Waals surface area contributed by atoms with Gasteiger partial charge in [0.1, 0.15) is 11.4 Å². The second kappa shape index (κ2) is 6.72. The maximum Gasteiger partial charge on any atom is 0.119 e. The lowest BCUT2D eigenvalue weighted by atomic mass is 10.0. The molecule has 0 saturated heterocycles. The van der Waals surface area contributed by atoms with Crippen LogP contribution in [0.3, 0.4) is 0 Å². The Hall–Kier alpha value is -2.88. The van der Waals surface area contributed by atoms with Crippen molar-refractivity contribution in [2.75, 3.05) is 6.61 Å². The monoisotopic (exact) mass is 291 g/mol. The maximum absolute atomic E-state index is 5.46. The molecule has 0 atom stereocenters. The van der Waals surface area contributed by atoms with Gasteiger partial charge in [-0.1, -0.05) is 42.5 Å². The standard InChI is InChI=1S/C18H17N3O/c1-2-22-18-11-8-16(9-12-18)15-6-3-14(4-7-15)5-10-17-13-19-21-20-17/h3-13H,2H2,1H3,(H,19,20,21)/b10-5+. The second-order valence-corrected chi connectivity index (χ2v) is 4.81. The first kappa shape index (κ1) is 14.1. The molecule has 0 aliphatic heterocycles. The van der Waals surface area contributed by atoms with Crippen molar-refractivity contribution in [3.05, 3.63) is 66.0 Å². The summed E-state index contributed by atoms with van der Waals surface area (Å²) in [6.45, 7) is 2.67. The number of hydrogen-bond donors (Lipinski definition) is 1. The SMILES string of the molecule is CCOc1ccc(-c2ccc(/C=C/c3cn[nH]n3)cc2)cc1. The van der Waals surface area contributed by atoms with E-state index in [1.165, 1.54) is 11.1 Å². The molecule has 0 aliphatic rings. The molecule has 110 valence electrons. The van der Waals surface area contributed by atoms with Crippen LogP contribution in [0, 0.1) is 0 Å². The Balaban J connectivity index is 1.73. The van der Waals surface area contributed by atoms with Gasteiger partial charge in [-0.15, -0.1) is 0 Å². The van der Waals surface area contributed by atoms with Gasteiger partial charge in [-0.3, -0.25) is 0 Å². The number of benzene rings is 2. The molecule has 0 fully saturated rings. The van der Waals surface area contributed by atoms with Gasteiger partial charge in [0.2, 0.25) is 0 Å². The van der Waals surface area contributed by atoms with E-state index in [1.54, 1.807) is 6.20 Å². The van der Waals surface area contributed by atoms with Crippen LogP contribution in [0.2, 0.25) is 0 Å². The highest BCUT2D eigenvalue weighted by Crippen LogP contribution is 2.23. The zero-order valence-electron chi connectivity index (χ0n) is 12.4. The lowest BCUT2D eigenvalue weighted by Gasteiger charge is -2.05. The molecule has 0 bridgehead atoms. The third kappa shape index (κ3) is 3.41. The Morgan fingerprint density at radius 2 is 1.64 bits per heavy atom. The van der Waals surface area contributed by atoms with E-state index >= 15 is 0 Å². The van der Waals surface area contributed by atoms with Crippen LogP contribution in [-0.4, -0.2) is 22.0 Å². The van der Waals surface area contributed by atoms with Crippen LogP contribution in [0.25, 0.3) is 23.3 Å². The van der Waals surface area contributed by atoms with Gasteiger partial charge in [0.25, 0.3) is 0 Å². The summed E-state index contributed by atoms with van der Waals surface area (Å²) in [5.74, 6) is 0.901. The van der Waals surface area contributed by atoms with Crippen LogP contribution >= 0.6 is 0 Å². The van der Waals surface area contributed by atoms with Crippen molar-refractivity contribution in [2.24, 2.45) is 0 Å². The average Bonchev–Trinajstić information content (AvgIpc) is 3.08. The lowest BCUT2D eigenvalue weighted by Crippen LogP contribution is -1.90. The first-order chi connectivity index (χ1) is 10.8. The van der Waals surface area contributed by atoms with Gasteiger partial charge in [-0.05, 0) is 41.8 Å². The smallest absolute Gasteiger partial charge is 0.119 e. The van der Waals surface area contributed by atoms with Gasteiger partial charge < -0.3 is 4.74 Å². The number of H-pyrrole nitrogens is 1. The summed E-state index contributed by atoms with van der Waals surface area (Å²) in [6, 6.07) is 16.5. The summed E-state index contributed by atoms with van der Waals surface area (Å²) in [7, 11) is 0. The van der Waals surface area contributed by atoms with Gasteiger partial charge >= 0.3 is 0 Å². The highest BCUT2D eigenvalue weighted by Gasteiger charge is 1.99. The van der Waals surface area contributed by atoms with Gasteiger partial charge in [0.05, 0.1) is 12.8 Å². The minimum atomic E-state index is 0.686. The fraction of sp³-hybridized carbons (Fsp3) is 0.111. The fourth-order valence-electron chi connectivity index (χ4n) is 2.17. The predicted molar refractivity (Wildman–Crippen MR) is 88.4 cm³/mol. The molecule has 0 aliphatic carbocycles. The second-order valence-electron chi connectivity index (χ2n) is 4.81. The van der Waals surface area contributed by atoms with Gasteiger partial charge in [0.15, 0.2) is 0 Å². The third-order valence-electron chi connectivity index (χ3n) is 3.29. The molecule has 2 aromatic carbocycles. The molecule has 0 amide bonds. The Labute approximate surface area is 129 Å². The topological polar surface area (TPSA) is 50.8 Å². The summed E-state index contributed by atoms with van der Waals surface area (Å²) in [5, 5.41) is 10.3. The van der Waals surface area contributed by atoms with Crippen LogP contribution in [0.4, 0.5) is 0 Å². The van der Waals surface area contributed by atoms with Crippen LogP contribution in [0.5, 0.6) is 5.75 Å². The number of ether oxygens (including phenoxy) is 1. The van der Waals surface area contributed by atoms with Crippen LogP contribution in [0.15, 0.2) is 54.7 Å². The fourth-order valence-corrected chi connectivity index (χ4v) is 2.17. The molecule has 1 heterocycles. The third-order valence-corrected chi connectivity index (χ3v) is 3.29. The summed E-state index contributed by atoms with van der Waals surface area (Å²) in [4.78, 5) is 0. The first-order valence-electron chi connectivity index (χ1n) is 7.22. The van der Waals surface area contributed by atoms with E-state index in [0.29, 0.717) is 6.61 Å². The van der Waals surface area contributed by atoms with Gasteiger partial charge in [0, 0.05) is 0 Å². The molecule has 1 aromatic heterocycles. The number of nitrogens with zero attached hydrogens (tertiary/aromatic N) is 2. The van der Waals surface area contributed by atoms with E-state index in [0.717, 1.165) is 17.0 Å². The van der Waals surface area contributed by atoms with Gasteiger partial charge in [-0.25, -0.2) is 0 Å². The zero-order valence-corrected chi connectivity index (χ0v) is 12.4. The van der Waals surface area contributed by atoms with Crippen molar-refractivity contribution in [2.45, 2.75) is 6.92 Å². The zero-order chi connectivity index (χ0) is 15.2. The maximum atomic E-state index is 5.46. The number of hydrogen-bond acceptors (Lipinski definition) is 3. The molecule has 3 rings (SSSR count). The van der Waals surface area contributed by atoms with E-state index in [-0.39, 0.29) is 0 Å². The van der Waals surface area contributed by atoms with Crippen molar-refractivity contribution in [1.82, 2.24) is 15.4 Å². The highest BCUT2D eigenvalue weighted by atomic mass is 16.5. The summed E-state index contributed by atoms with van der Waals surface area (Å²) >= 11 is 0. The van der Waals surface area contributed by atoms with Gasteiger partial charge in [-0.2, -0.15) is 15.4 Å². The summed E-state index contributed by atoms with van der Waals surface area (Å²) in [6.07, 6.45) is 5.63. The Kier molecular flexibility index (Phi) is 4.30. The Morgan fingerprint density at radius 3 is 2.23 bits per heavy atom.